The molecule has 0 bridgehead atoms. The van der Waals surface area contributed by atoms with E-state index in [4.69, 9.17) is 0 Å². The minimum atomic E-state index is -4.43. The molecule has 0 unspecified atom stereocenters. The van der Waals surface area contributed by atoms with Gasteiger partial charge in [0, 0.05) is 6.54 Å². The number of benzene rings is 2. The van der Waals surface area contributed by atoms with Crippen LogP contribution in [0.4, 0.5) is 17.6 Å². The molecule has 0 atom stereocenters. The molecule has 0 aliphatic rings. The van der Waals surface area contributed by atoms with Crippen LogP contribution in [0.2, 0.25) is 0 Å². The molecule has 0 spiro atoms. The van der Waals surface area contributed by atoms with E-state index in [0.29, 0.717) is 12.0 Å². The van der Waals surface area contributed by atoms with E-state index in [2.05, 4.69) is 5.32 Å². The van der Waals surface area contributed by atoms with Crippen molar-refractivity contribution >= 4 is 5.91 Å². The van der Waals surface area contributed by atoms with Gasteiger partial charge in [-0.25, -0.2) is 4.39 Å². The maximum absolute atomic E-state index is 13.4. The highest BCUT2D eigenvalue weighted by Gasteiger charge is 2.30. The van der Waals surface area contributed by atoms with Gasteiger partial charge >= 0.3 is 6.18 Å². The van der Waals surface area contributed by atoms with E-state index in [0.717, 1.165) is 12.1 Å². The van der Waals surface area contributed by atoms with Gasteiger partial charge in [-0.05, 0) is 29.7 Å². The third-order valence-electron chi connectivity index (χ3n) is 3.29. The lowest BCUT2D eigenvalue weighted by Gasteiger charge is -2.09. The van der Waals surface area contributed by atoms with Crippen LogP contribution in [-0.4, -0.2) is 12.5 Å². The number of hydrogen-bond acceptors (Lipinski definition) is 1. The van der Waals surface area contributed by atoms with E-state index >= 15 is 0 Å². The summed E-state index contributed by atoms with van der Waals surface area (Å²) in [5, 5.41) is 2.58. The van der Waals surface area contributed by atoms with Crippen molar-refractivity contribution in [2.45, 2.75) is 19.0 Å². The summed E-state index contributed by atoms with van der Waals surface area (Å²) in [4.78, 5) is 11.8. The Kier molecular flexibility index (Phi) is 5.36. The fraction of sp³-hybridized carbons (Fsp3) is 0.235. The molecule has 0 saturated carbocycles. The molecule has 23 heavy (non-hydrogen) atoms. The van der Waals surface area contributed by atoms with E-state index in [9.17, 15) is 22.4 Å². The van der Waals surface area contributed by atoms with Crippen molar-refractivity contribution < 1.29 is 22.4 Å². The highest BCUT2D eigenvalue weighted by Crippen LogP contribution is 2.29. The van der Waals surface area contributed by atoms with Gasteiger partial charge in [-0.1, -0.05) is 36.4 Å². The lowest BCUT2D eigenvalue weighted by molar-refractivity contribution is -0.137. The Morgan fingerprint density at radius 2 is 1.78 bits per heavy atom. The van der Waals surface area contributed by atoms with Crippen LogP contribution in [0.15, 0.2) is 48.5 Å². The first-order valence-electron chi connectivity index (χ1n) is 7.02. The van der Waals surface area contributed by atoms with E-state index in [1.807, 2.05) is 0 Å². The van der Waals surface area contributed by atoms with Crippen molar-refractivity contribution in [2.24, 2.45) is 0 Å². The Morgan fingerprint density at radius 3 is 2.48 bits per heavy atom. The van der Waals surface area contributed by atoms with E-state index < -0.39 is 17.6 Å². The van der Waals surface area contributed by atoms with Crippen molar-refractivity contribution in [2.75, 3.05) is 6.54 Å². The standard InChI is InChI=1S/C17H15F4NO/c18-15-7-2-1-5-13(15)8-9-22-16(23)11-12-4-3-6-14(10-12)17(19,20)21/h1-7,10H,8-9,11H2,(H,22,23). The second-order valence-corrected chi connectivity index (χ2v) is 5.07. The fourth-order valence-corrected chi connectivity index (χ4v) is 2.14. The molecule has 0 aliphatic heterocycles. The van der Waals surface area contributed by atoms with Crippen LogP contribution in [0.1, 0.15) is 16.7 Å². The minimum Gasteiger partial charge on any atom is -0.355 e. The Labute approximate surface area is 131 Å². The predicted molar refractivity (Wildman–Crippen MR) is 78.3 cm³/mol. The first-order chi connectivity index (χ1) is 10.9. The zero-order chi connectivity index (χ0) is 16.9. The first kappa shape index (κ1) is 17.0. The fourth-order valence-electron chi connectivity index (χ4n) is 2.14. The number of carbonyl (C=O) groups excluding carboxylic acids is 1. The van der Waals surface area contributed by atoms with Crippen LogP contribution >= 0.6 is 0 Å². The number of rotatable bonds is 5. The first-order valence-corrected chi connectivity index (χ1v) is 7.02. The topological polar surface area (TPSA) is 29.1 Å². The maximum Gasteiger partial charge on any atom is 0.416 e. The minimum absolute atomic E-state index is 0.152. The summed E-state index contributed by atoms with van der Waals surface area (Å²) < 4.78 is 51.2. The second-order valence-electron chi connectivity index (χ2n) is 5.07. The lowest BCUT2D eigenvalue weighted by atomic mass is 10.1. The van der Waals surface area contributed by atoms with Crippen LogP contribution < -0.4 is 5.32 Å². The average molecular weight is 325 g/mol. The molecule has 2 aromatic carbocycles. The molecule has 0 aromatic heterocycles. The van der Waals surface area contributed by atoms with Gasteiger partial charge in [-0.3, -0.25) is 4.79 Å². The zero-order valence-corrected chi connectivity index (χ0v) is 12.2. The quantitative estimate of drug-likeness (QED) is 0.834. The summed E-state index contributed by atoms with van der Waals surface area (Å²) in [6.07, 6.45) is -4.26. The molecule has 0 heterocycles. The van der Waals surface area contributed by atoms with Crippen molar-refractivity contribution in [3.05, 3.63) is 71.0 Å². The Balaban J connectivity index is 1.87. The van der Waals surface area contributed by atoms with Crippen LogP contribution in [0.5, 0.6) is 0 Å². The second kappa shape index (κ2) is 7.26. The van der Waals surface area contributed by atoms with E-state index in [-0.39, 0.29) is 24.3 Å². The van der Waals surface area contributed by atoms with Gasteiger partial charge in [0.05, 0.1) is 12.0 Å². The van der Waals surface area contributed by atoms with Gasteiger partial charge < -0.3 is 5.32 Å². The average Bonchev–Trinajstić information content (AvgIpc) is 2.48. The van der Waals surface area contributed by atoms with Crippen molar-refractivity contribution in [3.8, 4) is 0 Å². The summed E-state index contributed by atoms with van der Waals surface area (Å²) in [6.45, 7) is 0.221. The Hall–Kier alpha value is -2.37. The zero-order valence-electron chi connectivity index (χ0n) is 12.2. The monoisotopic (exact) mass is 325 g/mol. The lowest BCUT2D eigenvalue weighted by Crippen LogP contribution is -2.27. The third kappa shape index (κ3) is 5.09. The number of halogens is 4. The molecule has 6 heteroatoms. The Morgan fingerprint density at radius 1 is 1.04 bits per heavy atom. The van der Waals surface area contributed by atoms with Gasteiger partial charge in [0.1, 0.15) is 5.82 Å². The number of alkyl halides is 3. The molecule has 1 N–H and O–H groups in total. The molecule has 0 fully saturated rings. The molecule has 0 saturated heterocycles. The summed E-state index contributed by atoms with van der Waals surface area (Å²) in [7, 11) is 0. The number of carbonyl (C=O) groups is 1. The number of nitrogens with one attached hydrogen (secondary N) is 1. The van der Waals surface area contributed by atoms with Crippen molar-refractivity contribution in [1.29, 1.82) is 0 Å². The van der Waals surface area contributed by atoms with Crippen LogP contribution in [-0.2, 0) is 23.8 Å². The summed E-state index contributed by atoms with van der Waals surface area (Å²) in [6, 6.07) is 10.9. The summed E-state index contributed by atoms with van der Waals surface area (Å²) in [5.74, 6) is -0.750. The van der Waals surface area contributed by atoms with Gasteiger partial charge in [-0.2, -0.15) is 13.2 Å². The molecule has 0 aliphatic carbocycles. The van der Waals surface area contributed by atoms with E-state index in [1.54, 1.807) is 18.2 Å². The van der Waals surface area contributed by atoms with E-state index in [1.165, 1.54) is 18.2 Å². The highest BCUT2D eigenvalue weighted by molar-refractivity contribution is 5.78. The number of amides is 1. The molecule has 2 nitrogen and oxygen atoms in total. The maximum atomic E-state index is 13.4. The molecular formula is C17H15F4NO. The van der Waals surface area contributed by atoms with Crippen LogP contribution in [0.25, 0.3) is 0 Å². The molecule has 0 radical (unpaired) electrons. The number of hydrogen-bond donors (Lipinski definition) is 1. The van der Waals surface area contributed by atoms with Crippen LogP contribution in [0, 0.1) is 5.82 Å². The Bertz CT molecular complexity index is 682. The molecule has 2 aromatic rings. The van der Waals surface area contributed by atoms with Gasteiger partial charge in [0.25, 0.3) is 0 Å². The van der Waals surface area contributed by atoms with Gasteiger partial charge in [0.2, 0.25) is 5.91 Å². The highest BCUT2D eigenvalue weighted by atomic mass is 19.4. The molecule has 1 amide bonds. The molecular weight excluding hydrogens is 310 g/mol. The van der Waals surface area contributed by atoms with Crippen molar-refractivity contribution in [1.82, 2.24) is 5.32 Å². The predicted octanol–water partition coefficient (Wildman–Crippen LogP) is 3.75. The molecule has 122 valence electrons. The van der Waals surface area contributed by atoms with Crippen LogP contribution in [0.3, 0.4) is 0 Å². The SMILES string of the molecule is O=C(Cc1cccc(C(F)(F)F)c1)NCCc1ccccc1F. The summed E-state index contributed by atoms with van der Waals surface area (Å²) in [5.41, 5.74) is -0.0238. The summed E-state index contributed by atoms with van der Waals surface area (Å²) >= 11 is 0. The smallest absolute Gasteiger partial charge is 0.355 e. The molecule has 2 rings (SSSR count). The van der Waals surface area contributed by atoms with Gasteiger partial charge in [-0.15, -0.1) is 0 Å². The van der Waals surface area contributed by atoms with Crippen molar-refractivity contribution in [3.63, 3.8) is 0 Å². The van der Waals surface area contributed by atoms with Gasteiger partial charge in [0.15, 0.2) is 0 Å². The largest absolute Gasteiger partial charge is 0.416 e. The normalized spacial score (nSPS) is 11.3. The third-order valence-corrected chi connectivity index (χ3v) is 3.29.